The van der Waals surface area contributed by atoms with E-state index in [0.717, 1.165) is 22.8 Å². The van der Waals surface area contributed by atoms with Crippen molar-refractivity contribution in [2.24, 2.45) is 0 Å². The monoisotopic (exact) mass is 339 g/mol. The lowest BCUT2D eigenvalue weighted by molar-refractivity contribution is -0.122. The Bertz CT molecular complexity index is 601. The maximum absolute atomic E-state index is 11.7. The fourth-order valence-electron chi connectivity index (χ4n) is 1.74. The molecule has 0 aliphatic rings. The van der Waals surface area contributed by atoms with Gasteiger partial charge in [0.2, 0.25) is 0 Å². The molecule has 0 spiro atoms. The van der Waals surface area contributed by atoms with Crippen molar-refractivity contribution in [3.8, 4) is 5.75 Å². The van der Waals surface area contributed by atoms with Crippen molar-refractivity contribution in [1.82, 2.24) is 5.32 Å². The first kappa shape index (κ1) is 16.8. The van der Waals surface area contributed by atoms with E-state index in [4.69, 9.17) is 20.8 Å². The molecule has 1 heterocycles. The van der Waals surface area contributed by atoms with Crippen LogP contribution in [0.25, 0.3) is 0 Å². The quantitative estimate of drug-likeness (QED) is 0.745. The summed E-state index contributed by atoms with van der Waals surface area (Å²) in [6, 6.07) is 9.13. The van der Waals surface area contributed by atoms with E-state index in [9.17, 15) is 4.79 Å². The molecule has 0 radical (unpaired) electrons. The number of thioether (sulfide) groups is 1. The fourth-order valence-corrected chi connectivity index (χ4v) is 2.61. The molecular weight excluding hydrogens is 322 g/mol. The van der Waals surface area contributed by atoms with Gasteiger partial charge in [-0.05, 0) is 42.8 Å². The van der Waals surface area contributed by atoms with Crippen molar-refractivity contribution < 1.29 is 13.9 Å². The molecule has 0 aliphatic heterocycles. The number of rotatable bonds is 8. The molecule has 0 bridgehead atoms. The number of halogens is 1. The van der Waals surface area contributed by atoms with Gasteiger partial charge in [-0.1, -0.05) is 11.6 Å². The molecule has 1 aromatic carbocycles. The summed E-state index contributed by atoms with van der Waals surface area (Å²) in [5.74, 6) is 3.09. The molecule has 0 aliphatic carbocycles. The number of benzene rings is 1. The maximum Gasteiger partial charge on any atom is 0.257 e. The molecule has 22 heavy (non-hydrogen) atoms. The van der Waals surface area contributed by atoms with Crippen LogP contribution in [0.3, 0.4) is 0 Å². The van der Waals surface area contributed by atoms with Gasteiger partial charge in [0.15, 0.2) is 6.61 Å². The first-order valence-corrected chi connectivity index (χ1v) is 8.44. The number of ether oxygens (including phenoxy) is 1. The van der Waals surface area contributed by atoms with E-state index in [1.54, 1.807) is 30.2 Å². The summed E-state index contributed by atoms with van der Waals surface area (Å²) < 4.78 is 10.7. The molecule has 118 valence electrons. The van der Waals surface area contributed by atoms with Crippen molar-refractivity contribution in [3.05, 3.63) is 52.9 Å². The van der Waals surface area contributed by atoms with E-state index in [2.05, 4.69) is 5.32 Å². The summed E-state index contributed by atoms with van der Waals surface area (Å²) in [6.45, 7) is 2.50. The van der Waals surface area contributed by atoms with Crippen molar-refractivity contribution in [1.29, 1.82) is 0 Å². The lowest BCUT2D eigenvalue weighted by Gasteiger charge is -2.08. The van der Waals surface area contributed by atoms with Crippen molar-refractivity contribution in [2.45, 2.75) is 12.7 Å². The van der Waals surface area contributed by atoms with Crippen molar-refractivity contribution in [2.75, 3.05) is 18.9 Å². The average Bonchev–Trinajstić information content (AvgIpc) is 3.01. The Kier molecular flexibility index (Phi) is 6.68. The third-order valence-electron chi connectivity index (χ3n) is 2.89. The summed E-state index contributed by atoms with van der Waals surface area (Å²) in [6.07, 6.45) is 1.66. The first-order valence-electron chi connectivity index (χ1n) is 6.91. The lowest BCUT2D eigenvalue weighted by Crippen LogP contribution is -2.30. The molecule has 0 saturated heterocycles. The maximum atomic E-state index is 11.7. The molecule has 1 aromatic heterocycles. The Balaban J connectivity index is 1.58. The molecule has 0 saturated carbocycles. The van der Waals surface area contributed by atoms with Crippen LogP contribution in [0.5, 0.6) is 5.75 Å². The van der Waals surface area contributed by atoms with Gasteiger partial charge in [-0.3, -0.25) is 4.79 Å². The minimum Gasteiger partial charge on any atom is -0.484 e. The Hall–Kier alpha value is -1.59. The summed E-state index contributed by atoms with van der Waals surface area (Å²) in [4.78, 5) is 11.7. The largest absolute Gasteiger partial charge is 0.484 e. The molecule has 4 nitrogen and oxygen atoms in total. The van der Waals surface area contributed by atoms with Crippen LogP contribution in [0.4, 0.5) is 0 Å². The normalized spacial score (nSPS) is 10.5. The minimum atomic E-state index is -0.133. The summed E-state index contributed by atoms with van der Waals surface area (Å²) >= 11 is 7.64. The van der Waals surface area contributed by atoms with Gasteiger partial charge >= 0.3 is 0 Å². The van der Waals surface area contributed by atoms with E-state index in [1.165, 1.54) is 0 Å². The van der Waals surface area contributed by atoms with Crippen LogP contribution in [0.2, 0.25) is 5.02 Å². The molecule has 2 rings (SSSR count). The summed E-state index contributed by atoms with van der Waals surface area (Å²) in [7, 11) is 0. The lowest BCUT2D eigenvalue weighted by atomic mass is 10.2. The summed E-state index contributed by atoms with van der Waals surface area (Å²) in [5, 5.41) is 3.50. The number of carbonyl (C=O) groups is 1. The zero-order chi connectivity index (χ0) is 15.8. The highest BCUT2D eigenvalue weighted by Gasteiger charge is 2.04. The van der Waals surface area contributed by atoms with Crippen LogP contribution < -0.4 is 10.1 Å². The molecule has 0 unspecified atom stereocenters. The molecule has 1 amide bonds. The van der Waals surface area contributed by atoms with Crippen LogP contribution in [-0.4, -0.2) is 24.8 Å². The Morgan fingerprint density at radius 1 is 1.41 bits per heavy atom. The molecule has 6 heteroatoms. The number of nitrogens with one attached hydrogen (secondary N) is 1. The topological polar surface area (TPSA) is 51.5 Å². The second kappa shape index (κ2) is 8.76. The number of aryl methyl sites for hydroxylation is 1. The highest BCUT2D eigenvalue weighted by Crippen LogP contribution is 2.20. The Labute approximate surface area is 139 Å². The number of amides is 1. The average molecular weight is 340 g/mol. The van der Waals surface area contributed by atoms with Gasteiger partial charge in [0.05, 0.1) is 12.0 Å². The second-order valence-electron chi connectivity index (χ2n) is 4.68. The van der Waals surface area contributed by atoms with Crippen LogP contribution in [0, 0.1) is 6.92 Å². The van der Waals surface area contributed by atoms with E-state index in [1.807, 2.05) is 25.1 Å². The fraction of sp³-hybridized carbons (Fsp3) is 0.312. The molecule has 2 aromatic rings. The molecule has 0 fully saturated rings. The minimum absolute atomic E-state index is 0.00389. The smallest absolute Gasteiger partial charge is 0.257 e. The first-order chi connectivity index (χ1) is 10.6. The van der Waals surface area contributed by atoms with Crippen LogP contribution in [0.1, 0.15) is 11.3 Å². The zero-order valence-electron chi connectivity index (χ0n) is 12.3. The predicted octanol–water partition coefficient (Wildman–Crippen LogP) is 3.67. The zero-order valence-corrected chi connectivity index (χ0v) is 13.9. The highest BCUT2D eigenvalue weighted by atomic mass is 35.5. The van der Waals surface area contributed by atoms with Crippen molar-refractivity contribution >= 4 is 29.3 Å². The van der Waals surface area contributed by atoms with E-state index in [-0.39, 0.29) is 12.5 Å². The van der Waals surface area contributed by atoms with Crippen LogP contribution in [-0.2, 0) is 10.5 Å². The highest BCUT2D eigenvalue weighted by molar-refractivity contribution is 7.98. The molecule has 1 N–H and O–H groups in total. The van der Waals surface area contributed by atoms with E-state index in [0.29, 0.717) is 17.3 Å². The van der Waals surface area contributed by atoms with Gasteiger partial charge in [0.25, 0.3) is 5.91 Å². The molecular formula is C16H18ClNO3S. The number of hydrogen-bond acceptors (Lipinski definition) is 4. The van der Waals surface area contributed by atoms with Crippen LogP contribution in [0.15, 0.2) is 41.0 Å². The third-order valence-corrected chi connectivity index (χ3v) is 4.30. The van der Waals surface area contributed by atoms with Crippen molar-refractivity contribution in [3.63, 3.8) is 0 Å². The number of carbonyl (C=O) groups excluding carboxylic acids is 1. The number of hydrogen-bond donors (Lipinski definition) is 1. The predicted molar refractivity (Wildman–Crippen MR) is 89.6 cm³/mol. The van der Waals surface area contributed by atoms with Gasteiger partial charge in [-0.15, -0.1) is 0 Å². The SMILES string of the molecule is Cc1cc(OCC(=O)NCCSCc2ccco2)ccc1Cl. The second-order valence-corrected chi connectivity index (χ2v) is 6.19. The van der Waals surface area contributed by atoms with Gasteiger partial charge in [0, 0.05) is 17.3 Å². The van der Waals surface area contributed by atoms with Gasteiger partial charge in [-0.2, -0.15) is 11.8 Å². The van der Waals surface area contributed by atoms with E-state index >= 15 is 0 Å². The summed E-state index contributed by atoms with van der Waals surface area (Å²) in [5.41, 5.74) is 0.925. The Morgan fingerprint density at radius 3 is 3.00 bits per heavy atom. The number of furan rings is 1. The van der Waals surface area contributed by atoms with E-state index < -0.39 is 0 Å². The van der Waals surface area contributed by atoms with Gasteiger partial charge < -0.3 is 14.5 Å². The van der Waals surface area contributed by atoms with Gasteiger partial charge in [-0.25, -0.2) is 0 Å². The standard InChI is InChI=1S/C16H18ClNO3S/c1-12-9-13(4-5-15(12)17)21-10-16(19)18-6-8-22-11-14-3-2-7-20-14/h2-5,7,9H,6,8,10-11H2,1H3,(H,18,19). The Morgan fingerprint density at radius 2 is 2.27 bits per heavy atom. The molecule has 0 atom stereocenters. The third kappa shape index (κ3) is 5.66. The van der Waals surface area contributed by atoms with Gasteiger partial charge in [0.1, 0.15) is 11.5 Å². The van der Waals surface area contributed by atoms with Crippen LogP contribution >= 0.6 is 23.4 Å².